The number of piperidine rings is 1. The molecule has 40 heavy (non-hydrogen) atoms. The van der Waals surface area contributed by atoms with Crippen molar-refractivity contribution in [3.05, 3.63) is 64.8 Å². The number of nitrogens with zero attached hydrogens (tertiary/aromatic N) is 2. The first-order valence-electron chi connectivity index (χ1n) is 13.0. The van der Waals surface area contributed by atoms with Gasteiger partial charge in [-0.05, 0) is 80.6 Å². The third-order valence-corrected chi connectivity index (χ3v) is 8.87. The molecule has 1 fully saturated rings. The lowest BCUT2D eigenvalue weighted by Crippen LogP contribution is -2.42. The van der Waals surface area contributed by atoms with Gasteiger partial charge in [-0.1, -0.05) is 17.7 Å². The van der Waals surface area contributed by atoms with E-state index in [4.69, 9.17) is 16.3 Å². The number of halogens is 5. The molecule has 1 saturated heterocycles. The Morgan fingerprint density at radius 1 is 1.23 bits per heavy atom. The van der Waals surface area contributed by atoms with Crippen LogP contribution in [0, 0.1) is 5.41 Å². The number of carboxylic acids is 1. The normalized spacial score (nSPS) is 16.6. The molecule has 5 nitrogen and oxygen atoms in total. The van der Waals surface area contributed by atoms with Crippen LogP contribution >= 0.6 is 23.4 Å². The first-order valence-corrected chi connectivity index (χ1v) is 14.4. The molecular formula is C29H31ClF4N2O3S. The number of alkyl halides is 4. The topological polar surface area (TPSA) is 62.7 Å². The summed E-state index contributed by atoms with van der Waals surface area (Å²) in [4.78, 5) is 18.8. The van der Waals surface area contributed by atoms with E-state index in [1.54, 1.807) is 24.3 Å². The third kappa shape index (κ3) is 7.59. The highest BCUT2D eigenvalue weighted by molar-refractivity contribution is 7.99. The number of carbonyl (C=O) groups is 1. The van der Waals surface area contributed by atoms with Crippen molar-refractivity contribution in [2.75, 3.05) is 32.5 Å². The molecule has 1 aliphatic rings. The van der Waals surface area contributed by atoms with Gasteiger partial charge in [0.1, 0.15) is 11.9 Å². The van der Waals surface area contributed by atoms with Crippen molar-refractivity contribution in [1.82, 2.24) is 9.88 Å². The number of benzene rings is 2. The molecule has 0 radical (unpaired) electrons. The summed E-state index contributed by atoms with van der Waals surface area (Å²) in [5.74, 6) is 0.253. The van der Waals surface area contributed by atoms with Crippen molar-refractivity contribution < 1.29 is 32.2 Å². The molecule has 1 atom stereocenters. The number of rotatable bonds is 11. The molecule has 3 aromatic rings. The molecule has 0 amide bonds. The monoisotopic (exact) mass is 598 g/mol. The smallest absolute Gasteiger partial charge is 0.416 e. The van der Waals surface area contributed by atoms with Crippen LogP contribution in [0.5, 0.6) is 5.75 Å². The summed E-state index contributed by atoms with van der Waals surface area (Å²) in [5, 5.41) is 10.4. The van der Waals surface area contributed by atoms with Gasteiger partial charge in [0, 0.05) is 34.3 Å². The van der Waals surface area contributed by atoms with Crippen molar-refractivity contribution in [1.29, 1.82) is 0 Å². The molecule has 1 aliphatic heterocycles. The number of hydrogen-bond acceptors (Lipinski definition) is 5. The zero-order valence-corrected chi connectivity index (χ0v) is 23.6. The van der Waals surface area contributed by atoms with Crippen LogP contribution in [0.3, 0.4) is 0 Å². The maximum absolute atomic E-state index is 15.7. The molecule has 2 heterocycles. The van der Waals surface area contributed by atoms with Gasteiger partial charge in [0.05, 0.1) is 29.6 Å². The Bertz CT molecular complexity index is 1330. The number of hydrogen-bond donors (Lipinski definition) is 1. The van der Waals surface area contributed by atoms with Gasteiger partial charge in [0.25, 0.3) is 0 Å². The van der Waals surface area contributed by atoms with E-state index in [1.165, 1.54) is 31.1 Å². The highest BCUT2D eigenvalue weighted by Crippen LogP contribution is 2.44. The van der Waals surface area contributed by atoms with Gasteiger partial charge in [-0.25, -0.2) is 4.39 Å². The van der Waals surface area contributed by atoms with Crippen molar-refractivity contribution in [3.63, 3.8) is 0 Å². The van der Waals surface area contributed by atoms with Crippen molar-refractivity contribution >= 4 is 40.2 Å². The minimum atomic E-state index is -4.38. The Morgan fingerprint density at radius 3 is 2.65 bits per heavy atom. The van der Waals surface area contributed by atoms with Crippen molar-refractivity contribution in [3.8, 4) is 5.75 Å². The molecule has 2 aromatic carbocycles. The van der Waals surface area contributed by atoms with Gasteiger partial charge in [-0.2, -0.15) is 13.2 Å². The largest absolute Gasteiger partial charge is 0.497 e. The minimum Gasteiger partial charge on any atom is -0.497 e. The van der Waals surface area contributed by atoms with E-state index >= 15 is 4.39 Å². The van der Waals surface area contributed by atoms with Crippen LogP contribution in [-0.2, 0) is 11.0 Å². The van der Waals surface area contributed by atoms with Gasteiger partial charge in [-0.3, -0.25) is 9.78 Å². The summed E-state index contributed by atoms with van der Waals surface area (Å²) < 4.78 is 60.0. The zero-order valence-electron chi connectivity index (χ0n) is 22.0. The average Bonchev–Trinajstić information content (AvgIpc) is 2.92. The Morgan fingerprint density at radius 2 is 1.98 bits per heavy atom. The third-order valence-electron chi connectivity index (χ3n) is 7.59. The first kappa shape index (κ1) is 30.4. The predicted molar refractivity (Wildman–Crippen MR) is 149 cm³/mol. The van der Waals surface area contributed by atoms with E-state index in [0.717, 1.165) is 12.1 Å². The minimum absolute atomic E-state index is 0.0504. The molecule has 11 heteroatoms. The van der Waals surface area contributed by atoms with E-state index in [1.807, 2.05) is 0 Å². The maximum atomic E-state index is 15.7. The van der Waals surface area contributed by atoms with E-state index < -0.39 is 29.3 Å². The number of aromatic nitrogens is 1. The second-order valence-corrected chi connectivity index (χ2v) is 11.8. The number of methoxy groups -OCH3 is 1. The SMILES string of the molecule is COc1ccc2ncc(Cl)c([C@@H](F)CCC3(CC(=O)O)CCN(CCSc4cccc(C(F)(F)F)c4)CC3)c2c1. The Balaban J connectivity index is 1.36. The molecular weight excluding hydrogens is 568 g/mol. The highest BCUT2D eigenvalue weighted by atomic mass is 35.5. The predicted octanol–water partition coefficient (Wildman–Crippen LogP) is 8.06. The lowest BCUT2D eigenvalue weighted by molar-refractivity contribution is -0.141. The van der Waals surface area contributed by atoms with Gasteiger partial charge < -0.3 is 14.7 Å². The summed E-state index contributed by atoms with van der Waals surface area (Å²) in [7, 11) is 1.53. The van der Waals surface area contributed by atoms with Gasteiger partial charge in [0.15, 0.2) is 0 Å². The molecule has 0 spiro atoms. The molecule has 0 saturated carbocycles. The van der Waals surface area contributed by atoms with Gasteiger partial charge in [0.2, 0.25) is 0 Å². The van der Waals surface area contributed by atoms with Crippen LogP contribution in [0.2, 0.25) is 5.02 Å². The second-order valence-electron chi connectivity index (χ2n) is 10.2. The first-order chi connectivity index (χ1) is 19.0. The maximum Gasteiger partial charge on any atom is 0.416 e. The number of fused-ring (bicyclic) bond motifs is 1. The molecule has 1 aromatic heterocycles. The lowest BCUT2D eigenvalue weighted by atomic mass is 9.71. The van der Waals surface area contributed by atoms with E-state index in [9.17, 15) is 23.1 Å². The number of thioether (sulfide) groups is 1. The quantitative estimate of drug-likeness (QED) is 0.178. The second kappa shape index (κ2) is 13.0. The Hall–Kier alpha value is -2.56. The molecule has 216 valence electrons. The average molecular weight is 599 g/mol. The van der Waals surface area contributed by atoms with Crippen LogP contribution in [-0.4, -0.2) is 53.5 Å². The summed E-state index contributed by atoms with van der Waals surface area (Å²) in [6, 6.07) is 10.5. The van der Waals surface area contributed by atoms with Gasteiger partial charge >= 0.3 is 12.1 Å². The van der Waals surface area contributed by atoms with Crippen LogP contribution < -0.4 is 4.74 Å². The summed E-state index contributed by atoms with van der Waals surface area (Å²) in [6.45, 7) is 1.95. The zero-order chi connectivity index (χ0) is 28.9. The number of ether oxygens (including phenoxy) is 1. The standard InChI is InChI=1S/C29H31ClF4N2O3S/c1-39-20-5-6-25-22(16-20)27(23(30)18-35-25)24(31)7-8-28(17-26(37)38)9-11-36(12-10-28)13-14-40-21-4-2-3-19(15-21)29(32,33)34/h2-6,15-16,18,24H,7-14,17H2,1H3,(H,37,38)/t24-/m0/s1. The molecule has 1 N–H and O–H groups in total. The lowest BCUT2D eigenvalue weighted by Gasteiger charge is -2.41. The number of likely N-dealkylation sites (tertiary alicyclic amines) is 1. The van der Waals surface area contributed by atoms with E-state index in [2.05, 4.69) is 9.88 Å². The number of carboxylic acid groups (broad SMARTS) is 1. The van der Waals surface area contributed by atoms with Crippen molar-refractivity contribution in [2.45, 2.75) is 49.3 Å². The van der Waals surface area contributed by atoms with Crippen LogP contribution in [0.25, 0.3) is 10.9 Å². The highest BCUT2D eigenvalue weighted by Gasteiger charge is 2.37. The number of pyridine rings is 1. The van der Waals surface area contributed by atoms with Crippen LogP contribution in [0.1, 0.15) is 49.4 Å². The van der Waals surface area contributed by atoms with E-state index in [0.29, 0.717) is 71.8 Å². The summed E-state index contributed by atoms with van der Waals surface area (Å²) in [5.41, 5.74) is -0.284. The van der Waals surface area contributed by atoms with Crippen molar-refractivity contribution in [2.24, 2.45) is 5.41 Å². The Kier molecular flexibility index (Phi) is 9.85. The summed E-state index contributed by atoms with van der Waals surface area (Å²) in [6.07, 6.45) is -2.70. The fourth-order valence-electron chi connectivity index (χ4n) is 5.33. The fourth-order valence-corrected chi connectivity index (χ4v) is 6.57. The fraction of sp³-hybridized carbons (Fsp3) is 0.448. The molecule has 0 unspecified atom stereocenters. The summed E-state index contributed by atoms with van der Waals surface area (Å²) >= 11 is 7.73. The van der Waals surface area contributed by atoms with Crippen LogP contribution in [0.4, 0.5) is 17.6 Å². The number of aliphatic carboxylic acids is 1. The molecule has 0 bridgehead atoms. The van der Waals surface area contributed by atoms with E-state index in [-0.39, 0.29) is 17.9 Å². The van der Waals surface area contributed by atoms with Crippen LogP contribution in [0.15, 0.2) is 53.6 Å². The molecule has 0 aliphatic carbocycles. The Labute approximate surface area is 239 Å². The molecule has 4 rings (SSSR count). The van der Waals surface area contributed by atoms with Gasteiger partial charge in [-0.15, -0.1) is 11.8 Å².